The molecule has 0 aliphatic carbocycles. The maximum atomic E-state index is 12.8. The van der Waals surface area contributed by atoms with E-state index >= 15 is 0 Å². The molecular weight excluding hydrogens is 444 g/mol. The Morgan fingerprint density at radius 3 is 2.10 bits per heavy atom. The van der Waals surface area contributed by atoms with Crippen molar-refractivity contribution in [3.8, 4) is 0 Å². The molecule has 174 valence electrons. The van der Waals surface area contributed by atoms with Crippen LogP contribution in [0.25, 0.3) is 0 Å². The smallest absolute Gasteiger partial charge is 0.317 e. The Kier molecular flexibility index (Phi) is 7.92. The standard InChI is InChI=1S/C19H30N4O6S2/c1-2-30(25,26)22-9-7-21(8-10-22)19(24)20-15-17-5-3-4-6-18(17)16-31(27,28)23-11-13-29-14-12-23/h3-6H,2,7-16H2,1H3,(H,20,24). The molecule has 0 bridgehead atoms. The first-order valence-electron chi connectivity index (χ1n) is 10.4. The number of urea groups is 1. The Bertz CT molecular complexity index is 969. The van der Waals surface area contributed by atoms with Gasteiger partial charge in [-0.25, -0.2) is 21.6 Å². The van der Waals surface area contributed by atoms with Crippen molar-refractivity contribution in [1.82, 2.24) is 18.8 Å². The fourth-order valence-electron chi connectivity index (χ4n) is 3.62. The first kappa shape index (κ1) is 23.9. The number of ether oxygens (including phenoxy) is 1. The van der Waals surface area contributed by atoms with Gasteiger partial charge in [0.25, 0.3) is 0 Å². The van der Waals surface area contributed by atoms with Crippen LogP contribution in [-0.4, -0.2) is 94.6 Å². The number of piperazine rings is 1. The minimum Gasteiger partial charge on any atom is -0.379 e. The van der Waals surface area contributed by atoms with E-state index in [4.69, 9.17) is 4.74 Å². The molecule has 2 aliphatic heterocycles. The number of morpholine rings is 1. The van der Waals surface area contributed by atoms with Crippen LogP contribution in [0.5, 0.6) is 0 Å². The van der Waals surface area contributed by atoms with E-state index in [-0.39, 0.29) is 37.2 Å². The molecule has 0 atom stereocenters. The van der Waals surface area contributed by atoms with E-state index in [9.17, 15) is 21.6 Å². The highest BCUT2D eigenvalue weighted by atomic mass is 32.2. The van der Waals surface area contributed by atoms with Gasteiger partial charge in [0.15, 0.2) is 0 Å². The topological polar surface area (TPSA) is 116 Å². The Morgan fingerprint density at radius 2 is 1.48 bits per heavy atom. The monoisotopic (exact) mass is 474 g/mol. The zero-order valence-electron chi connectivity index (χ0n) is 17.7. The molecule has 1 aromatic rings. The lowest BCUT2D eigenvalue weighted by Crippen LogP contribution is -2.53. The molecule has 0 saturated carbocycles. The van der Waals surface area contributed by atoms with E-state index in [1.54, 1.807) is 36.1 Å². The number of amides is 2. The fraction of sp³-hybridized carbons (Fsp3) is 0.632. The van der Waals surface area contributed by atoms with E-state index in [2.05, 4.69) is 5.32 Å². The molecule has 1 N–H and O–H groups in total. The van der Waals surface area contributed by atoms with E-state index < -0.39 is 20.0 Å². The molecular formula is C19H30N4O6S2. The Hall–Kier alpha value is -1.73. The van der Waals surface area contributed by atoms with Gasteiger partial charge >= 0.3 is 6.03 Å². The molecule has 2 saturated heterocycles. The fourth-order valence-corrected chi connectivity index (χ4v) is 6.27. The van der Waals surface area contributed by atoms with Gasteiger partial charge in [-0.3, -0.25) is 0 Å². The molecule has 2 heterocycles. The van der Waals surface area contributed by atoms with Gasteiger partial charge in [-0.15, -0.1) is 0 Å². The summed E-state index contributed by atoms with van der Waals surface area (Å²) < 4.78 is 57.5. The highest BCUT2D eigenvalue weighted by molar-refractivity contribution is 7.89. The summed E-state index contributed by atoms with van der Waals surface area (Å²) in [5.41, 5.74) is 1.38. The predicted molar refractivity (Wildman–Crippen MR) is 116 cm³/mol. The lowest BCUT2D eigenvalue weighted by Gasteiger charge is -2.33. The number of nitrogens with one attached hydrogen (secondary N) is 1. The largest absolute Gasteiger partial charge is 0.379 e. The highest BCUT2D eigenvalue weighted by Crippen LogP contribution is 2.17. The lowest BCUT2D eigenvalue weighted by atomic mass is 10.1. The van der Waals surface area contributed by atoms with E-state index in [1.807, 2.05) is 0 Å². The van der Waals surface area contributed by atoms with Crippen LogP contribution < -0.4 is 5.32 Å². The van der Waals surface area contributed by atoms with E-state index in [1.165, 1.54) is 8.61 Å². The van der Waals surface area contributed by atoms with Crippen molar-refractivity contribution in [2.75, 3.05) is 58.2 Å². The van der Waals surface area contributed by atoms with Gasteiger partial charge in [0, 0.05) is 45.8 Å². The minimum absolute atomic E-state index is 0.0450. The zero-order chi connectivity index (χ0) is 22.5. The number of carbonyl (C=O) groups excluding carboxylic acids is 1. The van der Waals surface area contributed by atoms with Gasteiger partial charge in [0.1, 0.15) is 0 Å². The molecule has 2 fully saturated rings. The molecule has 10 nitrogen and oxygen atoms in total. The van der Waals surface area contributed by atoms with E-state index in [0.717, 1.165) is 5.56 Å². The molecule has 1 aromatic carbocycles. The van der Waals surface area contributed by atoms with Crippen LogP contribution in [0.4, 0.5) is 4.79 Å². The molecule has 12 heteroatoms. The average Bonchev–Trinajstić information content (AvgIpc) is 2.78. The SMILES string of the molecule is CCS(=O)(=O)N1CCN(C(=O)NCc2ccccc2CS(=O)(=O)N2CCOCC2)CC1. The number of rotatable bonds is 7. The second kappa shape index (κ2) is 10.3. The van der Waals surface area contributed by atoms with Gasteiger partial charge < -0.3 is 15.0 Å². The van der Waals surface area contributed by atoms with Crippen LogP contribution in [0.1, 0.15) is 18.1 Å². The van der Waals surface area contributed by atoms with Gasteiger partial charge in [-0.2, -0.15) is 8.61 Å². The van der Waals surface area contributed by atoms with E-state index in [0.29, 0.717) is 45.0 Å². The number of benzene rings is 1. The van der Waals surface area contributed by atoms with Crippen LogP contribution >= 0.6 is 0 Å². The van der Waals surface area contributed by atoms with Gasteiger partial charge in [-0.05, 0) is 18.1 Å². The third-order valence-corrected chi connectivity index (χ3v) is 9.24. The highest BCUT2D eigenvalue weighted by Gasteiger charge is 2.28. The molecule has 0 spiro atoms. The maximum Gasteiger partial charge on any atom is 0.317 e. The van der Waals surface area contributed by atoms with Crippen molar-refractivity contribution in [2.24, 2.45) is 0 Å². The summed E-state index contributed by atoms with van der Waals surface area (Å²) in [4.78, 5) is 14.1. The number of carbonyl (C=O) groups is 1. The van der Waals surface area contributed by atoms with Crippen LogP contribution in [0.15, 0.2) is 24.3 Å². The van der Waals surface area contributed by atoms with Crippen LogP contribution in [0.3, 0.4) is 0 Å². The molecule has 0 radical (unpaired) electrons. The lowest BCUT2D eigenvalue weighted by molar-refractivity contribution is 0.0729. The van der Waals surface area contributed by atoms with Gasteiger partial charge in [0.2, 0.25) is 20.0 Å². The van der Waals surface area contributed by atoms with Crippen LogP contribution in [0, 0.1) is 0 Å². The number of sulfonamides is 2. The summed E-state index contributed by atoms with van der Waals surface area (Å²) in [6.07, 6.45) is 0. The molecule has 2 amide bonds. The van der Waals surface area contributed by atoms with Crippen molar-refractivity contribution in [1.29, 1.82) is 0 Å². The molecule has 31 heavy (non-hydrogen) atoms. The second-order valence-electron chi connectivity index (χ2n) is 7.48. The van der Waals surface area contributed by atoms with Crippen molar-refractivity contribution in [2.45, 2.75) is 19.2 Å². The Balaban J connectivity index is 1.57. The van der Waals surface area contributed by atoms with Crippen molar-refractivity contribution in [3.63, 3.8) is 0 Å². The second-order valence-corrected chi connectivity index (χ2v) is 11.7. The predicted octanol–water partition coefficient (Wildman–Crippen LogP) is 0.0255. The summed E-state index contributed by atoms with van der Waals surface area (Å²) in [5.74, 6) is -0.0874. The normalized spacial score (nSPS) is 19.3. The van der Waals surface area contributed by atoms with Crippen LogP contribution in [0.2, 0.25) is 0 Å². The third-order valence-electron chi connectivity index (χ3n) is 5.53. The van der Waals surface area contributed by atoms with Gasteiger partial charge in [0.05, 0.1) is 24.7 Å². The number of hydrogen-bond acceptors (Lipinski definition) is 6. The van der Waals surface area contributed by atoms with Gasteiger partial charge in [-0.1, -0.05) is 24.3 Å². The summed E-state index contributed by atoms with van der Waals surface area (Å²) >= 11 is 0. The molecule has 3 rings (SSSR count). The summed E-state index contributed by atoms with van der Waals surface area (Å²) in [6, 6.07) is 6.85. The maximum absolute atomic E-state index is 12.8. The first-order chi connectivity index (χ1) is 14.7. The third kappa shape index (κ3) is 6.16. The van der Waals surface area contributed by atoms with Crippen molar-refractivity contribution >= 4 is 26.1 Å². The molecule has 2 aliphatic rings. The minimum atomic E-state index is -3.47. The summed E-state index contributed by atoms with van der Waals surface area (Å²) in [6.45, 7) is 4.47. The quantitative estimate of drug-likeness (QED) is 0.596. The molecule has 0 unspecified atom stereocenters. The van der Waals surface area contributed by atoms with Crippen molar-refractivity contribution < 1.29 is 26.4 Å². The number of nitrogens with zero attached hydrogens (tertiary/aromatic N) is 3. The molecule has 0 aromatic heterocycles. The first-order valence-corrected chi connectivity index (χ1v) is 13.6. The average molecular weight is 475 g/mol. The summed E-state index contributed by atoms with van der Waals surface area (Å²) in [7, 11) is -6.72. The Labute approximate surface area is 184 Å². The number of hydrogen-bond donors (Lipinski definition) is 1. The van der Waals surface area contributed by atoms with Crippen LogP contribution in [-0.2, 0) is 37.1 Å². The summed E-state index contributed by atoms with van der Waals surface area (Å²) in [5, 5.41) is 2.83. The van der Waals surface area contributed by atoms with Crippen molar-refractivity contribution in [3.05, 3.63) is 35.4 Å². The zero-order valence-corrected chi connectivity index (χ0v) is 19.3. The Morgan fingerprint density at radius 1 is 0.903 bits per heavy atom.